The molecule has 0 unspecified atom stereocenters. The number of thiophene rings is 1. The summed E-state index contributed by atoms with van der Waals surface area (Å²) in [5.74, 6) is 5.67. The van der Waals surface area contributed by atoms with Gasteiger partial charge in [0.2, 0.25) is 0 Å². The number of carbonyl (C=O) groups excluding carboxylic acids is 1. The molecule has 0 aliphatic rings. The third-order valence-corrected chi connectivity index (χ3v) is 3.38. The van der Waals surface area contributed by atoms with Crippen molar-refractivity contribution in [3.8, 4) is 11.8 Å². The van der Waals surface area contributed by atoms with Crippen molar-refractivity contribution in [2.24, 2.45) is 0 Å². The van der Waals surface area contributed by atoms with E-state index in [2.05, 4.69) is 27.4 Å². The van der Waals surface area contributed by atoms with Gasteiger partial charge in [-0.2, -0.15) is 10.2 Å². The number of aromatic nitrogens is 2. The second-order valence-corrected chi connectivity index (χ2v) is 4.85. The minimum atomic E-state index is -0.192. The van der Waals surface area contributed by atoms with E-state index in [1.165, 1.54) is 23.7 Å². The van der Waals surface area contributed by atoms with Crippen LogP contribution in [0.4, 0.5) is 0 Å². The summed E-state index contributed by atoms with van der Waals surface area (Å²) in [5, 5.41) is 20.7. The van der Waals surface area contributed by atoms with Crippen LogP contribution in [0.1, 0.15) is 27.2 Å². The predicted molar refractivity (Wildman–Crippen MR) is 76.1 cm³/mol. The van der Waals surface area contributed by atoms with Gasteiger partial charge in [0.05, 0.1) is 31.1 Å². The van der Waals surface area contributed by atoms with E-state index < -0.39 is 0 Å². The van der Waals surface area contributed by atoms with Crippen LogP contribution in [0.3, 0.4) is 0 Å². The normalized spacial score (nSPS) is 9.65. The van der Waals surface area contributed by atoms with Gasteiger partial charge in [-0.05, 0) is 17.5 Å². The highest BCUT2D eigenvalue weighted by atomic mass is 32.1. The van der Waals surface area contributed by atoms with E-state index >= 15 is 0 Å². The van der Waals surface area contributed by atoms with E-state index in [1.54, 1.807) is 6.07 Å². The molecule has 0 radical (unpaired) electrons. The molecule has 2 aromatic rings. The zero-order chi connectivity index (χ0) is 14.2. The highest BCUT2D eigenvalue weighted by Crippen LogP contribution is 2.15. The largest absolute Gasteiger partial charge is 0.395 e. The van der Waals surface area contributed by atoms with Crippen molar-refractivity contribution in [3.63, 3.8) is 0 Å². The third kappa shape index (κ3) is 3.88. The van der Waals surface area contributed by atoms with Gasteiger partial charge in [0.15, 0.2) is 0 Å². The van der Waals surface area contributed by atoms with Crippen LogP contribution in [0.5, 0.6) is 0 Å². The molecule has 0 fully saturated rings. The van der Waals surface area contributed by atoms with Gasteiger partial charge in [-0.1, -0.05) is 11.8 Å². The Labute approximate surface area is 120 Å². The topological polar surface area (TPSA) is 75.1 Å². The number of nitrogens with one attached hydrogen (secondary N) is 1. The van der Waals surface area contributed by atoms with Gasteiger partial charge in [-0.25, -0.2) is 0 Å². The molecule has 0 saturated carbocycles. The van der Waals surface area contributed by atoms with E-state index in [9.17, 15) is 4.79 Å². The molecule has 2 aromatic heterocycles. The molecule has 20 heavy (non-hydrogen) atoms. The van der Waals surface area contributed by atoms with Gasteiger partial charge in [-0.3, -0.25) is 4.79 Å². The fourth-order valence-corrected chi connectivity index (χ4v) is 2.26. The van der Waals surface area contributed by atoms with Gasteiger partial charge in [0.25, 0.3) is 5.91 Å². The van der Waals surface area contributed by atoms with Crippen molar-refractivity contribution in [1.29, 1.82) is 0 Å². The van der Waals surface area contributed by atoms with Crippen molar-refractivity contribution in [3.05, 3.63) is 45.9 Å². The maximum absolute atomic E-state index is 11.9. The van der Waals surface area contributed by atoms with E-state index in [1.807, 2.05) is 11.4 Å². The minimum absolute atomic E-state index is 0.0538. The fourth-order valence-electron chi connectivity index (χ4n) is 1.49. The standard InChI is InChI=1S/C14H13N3O2S/c18-7-2-1-3-11-5-8-20-13(11)10-15-14(19)12-4-6-16-17-9-12/h4-6,8-9,18H,2,7,10H2,(H,15,19). The first-order valence-electron chi connectivity index (χ1n) is 6.02. The lowest BCUT2D eigenvalue weighted by molar-refractivity contribution is 0.0950. The second kappa shape index (κ2) is 7.38. The maximum atomic E-state index is 11.9. The predicted octanol–water partition coefficient (Wildman–Crippen LogP) is 1.20. The number of aliphatic hydroxyl groups excluding tert-OH is 1. The molecule has 2 heterocycles. The summed E-state index contributed by atoms with van der Waals surface area (Å²) >= 11 is 1.54. The van der Waals surface area contributed by atoms with Crippen molar-refractivity contribution in [1.82, 2.24) is 15.5 Å². The molecule has 0 aliphatic carbocycles. The third-order valence-electron chi connectivity index (χ3n) is 2.46. The Kier molecular flexibility index (Phi) is 5.24. The first-order chi connectivity index (χ1) is 9.81. The van der Waals surface area contributed by atoms with Crippen molar-refractivity contribution < 1.29 is 9.90 Å². The van der Waals surface area contributed by atoms with Crippen LogP contribution >= 0.6 is 11.3 Å². The first kappa shape index (κ1) is 14.2. The monoisotopic (exact) mass is 287 g/mol. The molecule has 2 N–H and O–H groups in total. The lowest BCUT2D eigenvalue weighted by Crippen LogP contribution is -2.22. The molecular weight excluding hydrogens is 274 g/mol. The number of hydrogen-bond acceptors (Lipinski definition) is 5. The highest BCUT2D eigenvalue weighted by molar-refractivity contribution is 7.10. The van der Waals surface area contributed by atoms with Crippen molar-refractivity contribution in [2.75, 3.05) is 6.61 Å². The van der Waals surface area contributed by atoms with E-state index in [-0.39, 0.29) is 12.5 Å². The second-order valence-electron chi connectivity index (χ2n) is 3.85. The highest BCUT2D eigenvalue weighted by Gasteiger charge is 2.07. The van der Waals surface area contributed by atoms with Crippen LogP contribution in [0.25, 0.3) is 0 Å². The Morgan fingerprint density at radius 2 is 2.30 bits per heavy atom. The lowest BCUT2D eigenvalue weighted by Gasteiger charge is -2.03. The molecule has 0 aromatic carbocycles. The Bertz CT molecular complexity index is 629. The van der Waals surface area contributed by atoms with Gasteiger partial charge in [0, 0.05) is 16.9 Å². The van der Waals surface area contributed by atoms with Gasteiger partial charge in [-0.15, -0.1) is 11.3 Å². The molecule has 1 amide bonds. The van der Waals surface area contributed by atoms with Crippen LogP contribution in [-0.4, -0.2) is 27.8 Å². The van der Waals surface area contributed by atoms with Gasteiger partial charge < -0.3 is 10.4 Å². The Hall–Kier alpha value is -2.23. The number of amides is 1. The average molecular weight is 287 g/mol. The summed E-state index contributed by atoms with van der Waals surface area (Å²) in [4.78, 5) is 12.9. The summed E-state index contributed by atoms with van der Waals surface area (Å²) in [6.07, 6.45) is 3.35. The molecule has 0 bridgehead atoms. The van der Waals surface area contributed by atoms with Gasteiger partial charge in [0.1, 0.15) is 0 Å². The number of carbonyl (C=O) groups is 1. The van der Waals surface area contributed by atoms with Crippen LogP contribution in [0.2, 0.25) is 0 Å². The molecule has 0 saturated heterocycles. The zero-order valence-electron chi connectivity index (χ0n) is 10.7. The molecule has 2 rings (SSSR count). The van der Waals surface area contributed by atoms with Crippen molar-refractivity contribution in [2.45, 2.75) is 13.0 Å². The van der Waals surface area contributed by atoms with Crippen LogP contribution < -0.4 is 5.32 Å². The Morgan fingerprint density at radius 1 is 1.40 bits per heavy atom. The van der Waals surface area contributed by atoms with Crippen LogP contribution in [0, 0.1) is 11.8 Å². The molecule has 6 heteroatoms. The fraction of sp³-hybridized carbons (Fsp3) is 0.214. The number of hydrogen-bond donors (Lipinski definition) is 2. The summed E-state index contributed by atoms with van der Waals surface area (Å²) < 4.78 is 0. The average Bonchev–Trinajstić information content (AvgIpc) is 2.93. The number of rotatable bonds is 4. The molecule has 0 atom stereocenters. The summed E-state index contributed by atoms with van der Waals surface area (Å²) in [6.45, 7) is 0.472. The molecular formula is C14H13N3O2S. The number of aliphatic hydroxyl groups is 1. The summed E-state index contributed by atoms with van der Waals surface area (Å²) in [6, 6.07) is 3.52. The molecule has 102 valence electrons. The van der Waals surface area contributed by atoms with Gasteiger partial charge >= 0.3 is 0 Å². The SMILES string of the molecule is O=C(NCc1sccc1C#CCCO)c1ccnnc1. The van der Waals surface area contributed by atoms with E-state index in [0.29, 0.717) is 18.5 Å². The quantitative estimate of drug-likeness (QED) is 0.829. The number of nitrogens with zero attached hydrogens (tertiary/aromatic N) is 2. The maximum Gasteiger partial charge on any atom is 0.253 e. The summed E-state index contributed by atoms with van der Waals surface area (Å²) in [5.41, 5.74) is 1.36. The molecule has 0 spiro atoms. The van der Waals surface area contributed by atoms with Crippen LogP contribution in [0.15, 0.2) is 29.9 Å². The smallest absolute Gasteiger partial charge is 0.253 e. The summed E-state index contributed by atoms with van der Waals surface area (Å²) in [7, 11) is 0. The first-order valence-corrected chi connectivity index (χ1v) is 6.90. The van der Waals surface area contributed by atoms with E-state index in [0.717, 1.165) is 10.4 Å². The van der Waals surface area contributed by atoms with E-state index in [4.69, 9.17) is 5.11 Å². The minimum Gasteiger partial charge on any atom is -0.395 e. The van der Waals surface area contributed by atoms with Crippen molar-refractivity contribution >= 4 is 17.2 Å². The Balaban J connectivity index is 1.97. The zero-order valence-corrected chi connectivity index (χ0v) is 11.5. The molecule has 5 nitrogen and oxygen atoms in total. The lowest BCUT2D eigenvalue weighted by atomic mass is 10.2. The molecule has 0 aliphatic heterocycles. The van der Waals surface area contributed by atoms with Crippen LogP contribution in [-0.2, 0) is 6.54 Å². The Morgan fingerprint density at radius 3 is 3.05 bits per heavy atom.